The molecule has 332 valence electrons. The van der Waals surface area contributed by atoms with E-state index in [1.807, 2.05) is 67.6 Å². The summed E-state index contributed by atoms with van der Waals surface area (Å²) in [6, 6.07) is 24.2. The van der Waals surface area contributed by atoms with E-state index in [-0.39, 0.29) is 62.0 Å². The lowest BCUT2D eigenvalue weighted by atomic mass is 9.55. The highest BCUT2D eigenvalue weighted by Gasteiger charge is 2.65. The molecule has 3 aliphatic rings. The lowest BCUT2D eigenvalue weighted by molar-refractivity contribution is -0.384. The van der Waals surface area contributed by atoms with Crippen LogP contribution in [0.15, 0.2) is 127 Å². The molecular weight excluding hydrogens is 803 g/mol. The number of unbranched alkanes of at least 4 members (excludes halogenated alkanes) is 2. The lowest BCUT2D eigenvalue weighted by Gasteiger charge is -2.59. The van der Waals surface area contributed by atoms with Crippen molar-refractivity contribution in [2.75, 3.05) is 33.0 Å². The van der Waals surface area contributed by atoms with E-state index in [0.717, 1.165) is 53.2 Å². The molecule has 1 amide bonds. The first-order valence-corrected chi connectivity index (χ1v) is 21.9. The molecular formula is C50H57N3O10. The highest BCUT2D eigenvalue weighted by molar-refractivity contribution is 6.03. The summed E-state index contributed by atoms with van der Waals surface area (Å²) in [6.45, 7) is 10.7. The third-order valence-electron chi connectivity index (χ3n) is 12.4. The molecule has 7 rings (SSSR count). The Bertz CT molecular complexity index is 2310. The van der Waals surface area contributed by atoms with Crippen molar-refractivity contribution < 1.29 is 43.7 Å². The van der Waals surface area contributed by atoms with E-state index in [4.69, 9.17) is 28.9 Å². The van der Waals surface area contributed by atoms with Gasteiger partial charge in [-0.25, -0.2) is 4.79 Å². The van der Waals surface area contributed by atoms with Gasteiger partial charge in [-0.2, -0.15) is 0 Å². The number of ether oxygens (including phenoxy) is 4. The molecule has 13 heteroatoms. The highest BCUT2D eigenvalue weighted by Crippen LogP contribution is 2.62. The van der Waals surface area contributed by atoms with E-state index in [1.165, 1.54) is 24.3 Å². The number of oxime groups is 1. The standard InChI is InChI=1S/C50H57N3O10/c1-4-28-59-39-24-25-45-43(31-39)47-41(19-10-12-27-55)35(15-9-11-26-54)30-42-44(51-61-6-3)32-46(50(63-45,48(42)47)60-29-5-2)52(33-36-17-13-16-34-14-7-8-18-40(34)36)49(56)62-38-22-20-37(21-23-38)53(57)58/h4-5,7-8,13-14,16-18,20-25,30-31,35,41,46-48,54-55H,1-2,6,9-12,15,19,26-29,32-33H2,3H3/t35-,41+,46-,47+,48+,50+/m0/s1. The van der Waals surface area contributed by atoms with Crippen LogP contribution in [0.3, 0.4) is 0 Å². The van der Waals surface area contributed by atoms with E-state index in [1.54, 1.807) is 17.1 Å². The number of non-ortho nitro benzene ring substituents is 1. The average Bonchev–Trinajstić information content (AvgIpc) is 3.30. The zero-order valence-electron chi connectivity index (χ0n) is 35.8. The molecule has 0 bridgehead atoms. The van der Waals surface area contributed by atoms with Crippen molar-refractivity contribution in [3.05, 3.63) is 143 Å². The number of nitro benzene ring substituents is 1. The largest absolute Gasteiger partial charge is 0.490 e. The summed E-state index contributed by atoms with van der Waals surface area (Å²) in [5, 5.41) is 38.1. The van der Waals surface area contributed by atoms with Gasteiger partial charge in [0.1, 0.15) is 36.5 Å². The Balaban J connectivity index is 1.47. The molecule has 1 fully saturated rings. The number of carbonyl (C=O) groups is 1. The maximum absolute atomic E-state index is 15.1. The highest BCUT2D eigenvalue weighted by atomic mass is 16.7. The molecule has 1 saturated carbocycles. The van der Waals surface area contributed by atoms with Crippen LogP contribution in [-0.4, -0.2) is 76.7 Å². The maximum atomic E-state index is 15.1. The van der Waals surface area contributed by atoms with Crippen LogP contribution >= 0.6 is 0 Å². The van der Waals surface area contributed by atoms with Crippen molar-refractivity contribution in [2.24, 2.45) is 22.9 Å². The first-order chi connectivity index (χ1) is 30.8. The number of aliphatic hydroxyl groups is 2. The summed E-state index contributed by atoms with van der Waals surface area (Å²) < 4.78 is 26.8. The molecule has 0 aromatic heterocycles. The SMILES string of the molecule is C=CCOc1ccc2c(c1)[C@H]1[C@H](CCCCO)[C@@H](CCCCO)C=C3C(=NOCC)C[C@H](N(Cc4cccc5ccccc45)C(=O)Oc4ccc([N+](=O)[O-])cc4)[C@@](OCC=C)(O2)[C@H]31. The number of allylic oxidation sites excluding steroid dienone is 1. The minimum absolute atomic E-state index is 0.0127. The van der Waals surface area contributed by atoms with Crippen molar-refractivity contribution >= 4 is 28.3 Å². The Morgan fingerprint density at radius 2 is 1.68 bits per heavy atom. The number of fused-ring (bicyclic) bond motifs is 3. The Hall–Kier alpha value is -6.02. The smallest absolute Gasteiger partial charge is 0.416 e. The molecule has 6 atom stereocenters. The summed E-state index contributed by atoms with van der Waals surface area (Å²) in [5.41, 5.74) is 3.19. The monoisotopic (exact) mass is 859 g/mol. The molecule has 2 aliphatic carbocycles. The first kappa shape index (κ1) is 45.0. The molecule has 0 saturated heterocycles. The van der Waals surface area contributed by atoms with Crippen LogP contribution < -0.4 is 14.2 Å². The van der Waals surface area contributed by atoms with Crippen LogP contribution in [-0.2, 0) is 16.1 Å². The number of benzene rings is 4. The molecule has 63 heavy (non-hydrogen) atoms. The van der Waals surface area contributed by atoms with Gasteiger partial charge in [0.25, 0.3) is 5.69 Å². The molecule has 0 unspecified atom stereocenters. The number of hydrogen-bond acceptors (Lipinski definition) is 11. The maximum Gasteiger partial charge on any atom is 0.416 e. The molecule has 4 aromatic rings. The van der Waals surface area contributed by atoms with Gasteiger partial charge >= 0.3 is 6.09 Å². The topological polar surface area (TPSA) is 162 Å². The van der Waals surface area contributed by atoms with Crippen molar-refractivity contribution in [2.45, 2.75) is 76.2 Å². The van der Waals surface area contributed by atoms with Crippen LogP contribution in [0, 0.1) is 27.9 Å². The van der Waals surface area contributed by atoms with Gasteiger partial charge in [0.15, 0.2) is 0 Å². The molecule has 4 aromatic carbocycles. The molecule has 1 aliphatic heterocycles. The summed E-state index contributed by atoms with van der Waals surface area (Å²) in [6.07, 6.45) is 9.53. The number of nitro groups is 1. The van der Waals surface area contributed by atoms with Crippen molar-refractivity contribution in [1.82, 2.24) is 4.90 Å². The van der Waals surface area contributed by atoms with E-state index in [9.17, 15) is 20.3 Å². The zero-order valence-corrected chi connectivity index (χ0v) is 35.8. The minimum atomic E-state index is -1.54. The quantitative estimate of drug-likeness (QED) is 0.0357. The fraction of sp³-hybridized carbons (Fsp3) is 0.400. The normalized spacial score (nSPS) is 22.8. The van der Waals surface area contributed by atoms with Gasteiger partial charge in [-0.15, -0.1) is 6.58 Å². The van der Waals surface area contributed by atoms with Crippen molar-refractivity contribution in [1.29, 1.82) is 0 Å². The number of carbonyl (C=O) groups excluding carboxylic acids is 1. The molecule has 1 heterocycles. The van der Waals surface area contributed by atoms with E-state index in [2.05, 4.69) is 19.2 Å². The second-order valence-electron chi connectivity index (χ2n) is 16.2. The summed E-state index contributed by atoms with van der Waals surface area (Å²) in [5.74, 6) is -0.932. The Labute approximate surface area is 368 Å². The molecule has 13 nitrogen and oxygen atoms in total. The Kier molecular flexibility index (Phi) is 14.9. The van der Waals surface area contributed by atoms with Gasteiger partial charge in [-0.05, 0) is 96.7 Å². The van der Waals surface area contributed by atoms with Crippen LogP contribution in [0.1, 0.15) is 68.9 Å². The zero-order chi connectivity index (χ0) is 44.3. The third-order valence-corrected chi connectivity index (χ3v) is 12.4. The first-order valence-electron chi connectivity index (χ1n) is 21.9. The number of aliphatic hydroxyl groups excluding tert-OH is 2. The van der Waals surface area contributed by atoms with E-state index in [0.29, 0.717) is 43.3 Å². The van der Waals surface area contributed by atoms with Gasteiger partial charge in [-0.1, -0.05) is 85.3 Å². The van der Waals surface area contributed by atoms with Gasteiger partial charge in [0, 0.05) is 43.2 Å². The Morgan fingerprint density at radius 1 is 0.952 bits per heavy atom. The molecule has 0 spiro atoms. The van der Waals surface area contributed by atoms with Gasteiger partial charge < -0.3 is 34.0 Å². The number of nitrogens with zero attached hydrogens (tertiary/aromatic N) is 3. The predicted octanol–water partition coefficient (Wildman–Crippen LogP) is 9.67. The number of rotatable bonds is 21. The second kappa shape index (κ2) is 20.9. The average molecular weight is 860 g/mol. The fourth-order valence-corrected chi connectivity index (χ4v) is 9.75. The van der Waals surface area contributed by atoms with Crippen molar-refractivity contribution in [3.63, 3.8) is 0 Å². The van der Waals surface area contributed by atoms with Crippen LogP contribution in [0.4, 0.5) is 10.5 Å². The summed E-state index contributed by atoms with van der Waals surface area (Å²) >= 11 is 0. The Morgan fingerprint density at radius 3 is 2.41 bits per heavy atom. The molecule has 0 radical (unpaired) electrons. The summed E-state index contributed by atoms with van der Waals surface area (Å²) in [7, 11) is 0. The van der Waals surface area contributed by atoms with Crippen molar-refractivity contribution in [3.8, 4) is 17.2 Å². The van der Waals surface area contributed by atoms with Gasteiger partial charge in [0.05, 0.1) is 29.7 Å². The predicted molar refractivity (Wildman–Crippen MR) is 241 cm³/mol. The molecule has 2 N–H and O–H groups in total. The van der Waals surface area contributed by atoms with Crippen LogP contribution in [0.5, 0.6) is 17.2 Å². The van der Waals surface area contributed by atoms with E-state index >= 15 is 4.79 Å². The fourth-order valence-electron chi connectivity index (χ4n) is 9.75. The second-order valence-corrected chi connectivity index (χ2v) is 16.2. The van der Waals surface area contributed by atoms with E-state index < -0.39 is 28.8 Å². The minimum Gasteiger partial charge on any atom is -0.490 e. The van der Waals surface area contributed by atoms with Crippen LogP contribution in [0.25, 0.3) is 10.8 Å². The lowest BCUT2D eigenvalue weighted by Crippen LogP contribution is -2.70. The van der Waals surface area contributed by atoms with Gasteiger partial charge in [0.2, 0.25) is 5.79 Å². The number of amides is 1. The summed E-state index contributed by atoms with van der Waals surface area (Å²) in [4.78, 5) is 33.7. The number of hydrogen-bond donors (Lipinski definition) is 2. The van der Waals surface area contributed by atoms with Crippen LogP contribution in [0.2, 0.25) is 0 Å². The van der Waals surface area contributed by atoms with Gasteiger partial charge in [-0.3, -0.25) is 15.0 Å². The third kappa shape index (κ3) is 9.65.